The van der Waals surface area contributed by atoms with Gasteiger partial charge < -0.3 is 15.0 Å². The lowest BCUT2D eigenvalue weighted by atomic mass is 10.1. The largest absolute Gasteiger partial charge is 0.465 e. The van der Waals surface area contributed by atoms with E-state index in [0.717, 1.165) is 24.8 Å². The van der Waals surface area contributed by atoms with Gasteiger partial charge in [-0.25, -0.2) is 9.78 Å². The van der Waals surface area contributed by atoms with E-state index in [1.54, 1.807) is 6.20 Å². The minimum absolute atomic E-state index is 0.321. The number of anilines is 1. The van der Waals surface area contributed by atoms with Crippen LogP contribution in [-0.2, 0) is 4.74 Å². The third kappa shape index (κ3) is 3.20. The second-order valence-electron chi connectivity index (χ2n) is 4.45. The Morgan fingerprint density at radius 1 is 1.72 bits per heavy atom. The number of aromatic nitrogens is 1. The van der Waals surface area contributed by atoms with E-state index in [2.05, 4.69) is 26.9 Å². The quantitative estimate of drug-likeness (QED) is 0.824. The molecule has 2 rings (SSSR count). The normalized spacial score (nSPS) is 20.0. The van der Waals surface area contributed by atoms with Gasteiger partial charge in [0, 0.05) is 13.1 Å². The molecule has 0 saturated carbocycles. The molecule has 1 unspecified atom stereocenters. The molecule has 0 spiro atoms. The maximum Gasteiger partial charge on any atom is 0.349 e. The van der Waals surface area contributed by atoms with Gasteiger partial charge in [-0.05, 0) is 25.4 Å². The first-order valence-electron chi connectivity index (χ1n) is 6.23. The number of ether oxygens (including phenoxy) is 1. The van der Waals surface area contributed by atoms with Gasteiger partial charge in [-0.1, -0.05) is 18.3 Å². The van der Waals surface area contributed by atoms with E-state index in [1.807, 2.05) is 0 Å². The summed E-state index contributed by atoms with van der Waals surface area (Å²) in [6.07, 6.45) is 2.79. The number of likely N-dealkylation sites (tertiary alicyclic amines) is 1. The van der Waals surface area contributed by atoms with E-state index < -0.39 is 0 Å². The van der Waals surface area contributed by atoms with Gasteiger partial charge in [0.15, 0.2) is 5.13 Å². The maximum absolute atomic E-state index is 11.3. The maximum atomic E-state index is 11.3. The summed E-state index contributed by atoms with van der Waals surface area (Å²) in [5.41, 5.74) is 0. The van der Waals surface area contributed by atoms with Crippen LogP contribution in [0.4, 0.5) is 5.13 Å². The lowest BCUT2D eigenvalue weighted by Gasteiger charge is -2.13. The molecule has 1 aromatic heterocycles. The van der Waals surface area contributed by atoms with Gasteiger partial charge >= 0.3 is 5.97 Å². The fourth-order valence-corrected chi connectivity index (χ4v) is 2.89. The Labute approximate surface area is 111 Å². The smallest absolute Gasteiger partial charge is 0.349 e. The summed E-state index contributed by atoms with van der Waals surface area (Å²) in [7, 11) is 1.38. The number of esters is 1. The second-order valence-corrected chi connectivity index (χ2v) is 5.48. The highest BCUT2D eigenvalue weighted by Gasteiger charge is 2.21. The highest BCUT2D eigenvalue weighted by atomic mass is 32.1. The minimum atomic E-state index is -0.321. The van der Waals surface area contributed by atoms with Crippen molar-refractivity contribution < 1.29 is 9.53 Å². The zero-order valence-corrected chi connectivity index (χ0v) is 11.6. The molecule has 2 heterocycles. The Bertz CT molecular complexity index is 408. The summed E-state index contributed by atoms with van der Waals surface area (Å²) in [6, 6.07) is 0. The Morgan fingerprint density at radius 2 is 2.56 bits per heavy atom. The number of nitrogens with zero attached hydrogens (tertiary/aromatic N) is 2. The van der Waals surface area contributed by atoms with Crippen molar-refractivity contribution in [3.8, 4) is 0 Å². The molecule has 100 valence electrons. The van der Waals surface area contributed by atoms with E-state index in [-0.39, 0.29) is 5.97 Å². The minimum Gasteiger partial charge on any atom is -0.465 e. The third-order valence-electron chi connectivity index (χ3n) is 3.25. The van der Waals surface area contributed by atoms with Crippen LogP contribution in [0.2, 0.25) is 0 Å². The number of carbonyl (C=O) groups excluding carboxylic acids is 1. The molecule has 0 bridgehead atoms. The fraction of sp³-hybridized carbons (Fsp3) is 0.667. The lowest BCUT2D eigenvalue weighted by Crippen LogP contribution is -2.22. The van der Waals surface area contributed by atoms with Crippen LogP contribution in [0, 0.1) is 5.92 Å². The van der Waals surface area contributed by atoms with Gasteiger partial charge in [-0.3, -0.25) is 0 Å². The van der Waals surface area contributed by atoms with Crippen molar-refractivity contribution in [3.63, 3.8) is 0 Å². The average molecular weight is 269 g/mol. The van der Waals surface area contributed by atoms with Crippen molar-refractivity contribution in [2.45, 2.75) is 13.3 Å². The second kappa shape index (κ2) is 6.15. The number of carbonyl (C=O) groups is 1. The van der Waals surface area contributed by atoms with Crippen LogP contribution in [0.25, 0.3) is 0 Å². The van der Waals surface area contributed by atoms with Crippen molar-refractivity contribution in [3.05, 3.63) is 11.1 Å². The molecule has 1 atom stereocenters. The van der Waals surface area contributed by atoms with E-state index in [9.17, 15) is 4.79 Å². The number of rotatable bonds is 5. The molecule has 1 aromatic rings. The Hall–Kier alpha value is -1.14. The molecular formula is C12H19N3O2S. The van der Waals surface area contributed by atoms with Gasteiger partial charge in [0.1, 0.15) is 4.88 Å². The van der Waals surface area contributed by atoms with Gasteiger partial charge in [-0.2, -0.15) is 0 Å². The van der Waals surface area contributed by atoms with Gasteiger partial charge in [0.05, 0.1) is 13.3 Å². The number of hydrogen-bond donors (Lipinski definition) is 1. The summed E-state index contributed by atoms with van der Waals surface area (Å²) in [4.78, 5) is 18.5. The van der Waals surface area contributed by atoms with Crippen LogP contribution < -0.4 is 5.32 Å². The molecule has 1 saturated heterocycles. The van der Waals surface area contributed by atoms with Crippen molar-refractivity contribution in [2.24, 2.45) is 5.92 Å². The molecule has 0 amide bonds. The summed E-state index contributed by atoms with van der Waals surface area (Å²) in [5.74, 6) is 0.356. The molecule has 1 fully saturated rings. The van der Waals surface area contributed by atoms with Crippen molar-refractivity contribution in [2.75, 3.05) is 38.6 Å². The molecule has 0 radical (unpaired) electrons. The van der Waals surface area contributed by atoms with Crippen LogP contribution in [0.3, 0.4) is 0 Å². The molecule has 0 aromatic carbocycles. The summed E-state index contributed by atoms with van der Waals surface area (Å²) >= 11 is 1.35. The first-order chi connectivity index (χ1) is 8.72. The monoisotopic (exact) mass is 269 g/mol. The summed E-state index contributed by atoms with van der Waals surface area (Å²) < 4.78 is 4.65. The molecular weight excluding hydrogens is 250 g/mol. The molecule has 1 aliphatic heterocycles. The van der Waals surface area contributed by atoms with E-state index in [0.29, 0.717) is 10.8 Å². The standard InChI is InChI=1S/C12H19N3O2S/c1-3-15-5-4-9(8-15)6-13-12-14-7-10(18-12)11(16)17-2/h7,9H,3-6,8H2,1-2H3,(H,13,14). The lowest BCUT2D eigenvalue weighted by molar-refractivity contribution is 0.0606. The van der Waals surface area contributed by atoms with Crippen LogP contribution in [0.1, 0.15) is 23.0 Å². The summed E-state index contributed by atoms with van der Waals surface area (Å²) in [6.45, 7) is 6.58. The predicted octanol–water partition coefficient (Wildman–Crippen LogP) is 1.68. The Balaban J connectivity index is 1.80. The number of nitrogens with one attached hydrogen (secondary N) is 1. The number of methoxy groups -OCH3 is 1. The van der Waals surface area contributed by atoms with Gasteiger partial charge in [0.25, 0.3) is 0 Å². The molecule has 0 aliphatic carbocycles. The van der Waals surface area contributed by atoms with Crippen molar-refractivity contribution in [1.82, 2.24) is 9.88 Å². The molecule has 6 heteroatoms. The predicted molar refractivity (Wildman–Crippen MR) is 72.2 cm³/mol. The third-order valence-corrected chi connectivity index (χ3v) is 4.19. The Kier molecular flexibility index (Phi) is 4.54. The molecule has 1 N–H and O–H groups in total. The van der Waals surface area contributed by atoms with Gasteiger partial charge in [0.2, 0.25) is 0 Å². The summed E-state index contributed by atoms with van der Waals surface area (Å²) in [5, 5.41) is 4.10. The van der Waals surface area contributed by atoms with Crippen LogP contribution in [0.5, 0.6) is 0 Å². The molecule has 5 nitrogen and oxygen atoms in total. The first-order valence-corrected chi connectivity index (χ1v) is 7.05. The topological polar surface area (TPSA) is 54.5 Å². The first kappa shape index (κ1) is 13.3. The van der Waals surface area contributed by atoms with Crippen molar-refractivity contribution in [1.29, 1.82) is 0 Å². The molecule has 1 aliphatic rings. The van der Waals surface area contributed by atoms with E-state index in [4.69, 9.17) is 0 Å². The van der Waals surface area contributed by atoms with E-state index in [1.165, 1.54) is 31.4 Å². The zero-order chi connectivity index (χ0) is 13.0. The zero-order valence-electron chi connectivity index (χ0n) is 10.8. The highest BCUT2D eigenvalue weighted by molar-refractivity contribution is 7.17. The fourth-order valence-electron chi connectivity index (χ4n) is 2.15. The number of thiazole rings is 1. The van der Waals surface area contributed by atoms with Crippen LogP contribution in [0.15, 0.2) is 6.20 Å². The Morgan fingerprint density at radius 3 is 3.22 bits per heavy atom. The van der Waals surface area contributed by atoms with Gasteiger partial charge in [-0.15, -0.1) is 0 Å². The van der Waals surface area contributed by atoms with Crippen LogP contribution in [-0.4, -0.2) is 49.1 Å². The highest BCUT2D eigenvalue weighted by Crippen LogP contribution is 2.21. The average Bonchev–Trinajstić information content (AvgIpc) is 3.04. The van der Waals surface area contributed by atoms with E-state index >= 15 is 0 Å². The molecule has 18 heavy (non-hydrogen) atoms. The van der Waals surface area contributed by atoms with Crippen molar-refractivity contribution >= 4 is 22.4 Å². The number of hydrogen-bond acceptors (Lipinski definition) is 6. The van der Waals surface area contributed by atoms with Crippen LogP contribution >= 0.6 is 11.3 Å². The SMILES string of the molecule is CCN1CCC(CNc2ncc(C(=O)OC)s2)C1.